The molecule has 0 aromatic heterocycles. The maximum Gasteiger partial charge on any atom is 0.240 e. The van der Waals surface area contributed by atoms with Crippen LogP contribution in [0.1, 0.15) is 26.7 Å². The van der Waals surface area contributed by atoms with E-state index in [1.807, 2.05) is 13.8 Å². The van der Waals surface area contributed by atoms with Crippen molar-refractivity contribution < 1.29 is 17.9 Å². The largest absolute Gasteiger partial charge is 0.396 e. The normalized spacial score (nSPS) is 13.7. The number of hydrogen-bond donors (Lipinski definition) is 3. The van der Waals surface area contributed by atoms with Crippen LogP contribution in [0.4, 0.5) is 10.1 Å². The summed E-state index contributed by atoms with van der Waals surface area (Å²) in [7, 11) is -3.80. The van der Waals surface area contributed by atoms with Crippen LogP contribution in [0.5, 0.6) is 0 Å². The second-order valence-corrected chi connectivity index (χ2v) is 6.45. The zero-order chi connectivity index (χ0) is 15.3. The maximum atomic E-state index is 13.0. The molecule has 0 fully saturated rings. The van der Waals surface area contributed by atoms with Crippen molar-refractivity contribution in [2.24, 2.45) is 5.92 Å². The smallest absolute Gasteiger partial charge is 0.240 e. The Kier molecular flexibility index (Phi) is 5.91. The lowest BCUT2D eigenvalue weighted by Crippen LogP contribution is -2.36. The number of sulfonamides is 1. The van der Waals surface area contributed by atoms with Gasteiger partial charge in [-0.05, 0) is 24.1 Å². The van der Waals surface area contributed by atoms with Crippen LogP contribution in [0, 0.1) is 11.7 Å². The average Bonchev–Trinajstić information content (AvgIpc) is 2.41. The van der Waals surface area contributed by atoms with Crippen molar-refractivity contribution in [3.05, 3.63) is 24.0 Å². The van der Waals surface area contributed by atoms with E-state index in [0.29, 0.717) is 0 Å². The molecular weight excluding hydrogens is 283 g/mol. The van der Waals surface area contributed by atoms with Gasteiger partial charge in [0, 0.05) is 6.54 Å². The van der Waals surface area contributed by atoms with Gasteiger partial charge >= 0.3 is 0 Å². The van der Waals surface area contributed by atoms with E-state index in [2.05, 4.69) is 4.72 Å². The first kappa shape index (κ1) is 16.9. The minimum absolute atomic E-state index is 0.0380. The Morgan fingerprint density at radius 1 is 1.35 bits per heavy atom. The van der Waals surface area contributed by atoms with E-state index in [-0.39, 0.29) is 23.0 Å². The quantitative estimate of drug-likeness (QED) is 0.665. The van der Waals surface area contributed by atoms with E-state index >= 15 is 0 Å². The number of hydrogen-bond acceptors (Lipinski definition) is 4. The second-order valence-electron chi connectivity index (χ2n) is 4.68. The average molecular weight is 304 g/mol. The third kappa shape index (κ3) is 4.16. The first-order valence-corrected chi connectivity index (χ1v) is 8.02. The van der Waals surface area contributed by atoms with Gasteiger partial charge in [0.25, 0.3) is 0 Å². The zero-order valence-corrected chi connectivity index (χ0v) is 12.5. The van der Waals surface area contributed by atoms with Crippen molar-refractivity contribution in [2.45, 2.75) is 37.7 Å². The molecule has 0 amide bonds. The summed E-state index contributed by atoms with van der Waals surface area (Å²) in [5.74, 6) is -0.628. The molecule has 0 saturated carbocycles. The van der Waals surface area contributed by atoms with Crippen LogP contribution in [0.2, 0.25) is 0 Å². The number of aliphatic hydroxyl groups excluding tert-OH is 1. The lowest BCUT2D eigenvalue weighted by molar-refractivity contribution is 0.107. The Hall–Kier alpha value is -1.18. The Bertz CT molecular complexity index is 545. The summed E-state index contributed by atoms with van der Waals surface area (Å²) in [6, 6.07) is 3.19. The summed E-state index contributed by atoms with van der Waals surface area (Å²) in [5.41, 5.74) is 5.12. The van der Waals surface area contributed by atoms with Gasteiger partial charge in [0.1, 0.15) is 5.82 Å². The van der Waals surface area contributed by atoms with Crippen molar-refractivity contribution in [3.63, 3.8) is 0 Å². The predicted octanol–water partition coefficient (Wildman–Crippen LogP) is 1.48. The number of nitrogen functional groups attached to an aromatic ring is 1. The minimum Gasteiger partial charge on any atom is -0.396 e. The third-order valence-corrected chi connectivity index (χ3v) is 4.77. The maximum absolute atomic E-state index is 13.0. The van der Waals surface area contributed by atoms with E-state index in [1.54, 1.807) is 0 Å². The van der Waals surface area contributed by atoms with Gasteiger partial charge in [-0.25, -0.2) is 17.5 Å². The number of benzene rings is 1. The first-order valence-electron chi connectivity index (χ1n) is 6.54. The summed E-state index contributed by atoms with van der Waals surface area (Å²) >= 11 is 0. The highest BCUT2D eigenvalue weighted by Crippen LogP contribution is 2.17. The van der Waals surface area contributed by atoms with Gasteiger partial charge in [0.2, 0.25) is 10.0 Å². The zero-order valence-electron chi connectivity index (χ0n) is 11.6. The highest BCUT2D eigenvalue weighted by Gasteiger charge is 2.20. The van der Waals surface area contributed by atoms with Crippen LogP contribution in [0.3, 0.4) is 0 Å². The predicted molar refractivity (Wildman–Crippen MR) is 76.1 cm³/mol. The molecule has 5 nitrogen and oxygen atoms in total. The van der Waals surface area contributed by atoms with Gasteiger partial charge in [-0.15, -0.1) is 0 Å². The van der Waals surface area contributed by atoms with Crippen LogP contribution in [0.25, 0.3) is 0 Å². The summed E-state index contributed by atoms with van der Waals surface area (Å²) in [6.07, 6.45) is 0.781. The van der Waals surface area contributed by atoms with Crippen LogP contribution in [-0.2, 0) is 10.0 Å². The topological polar surface area (TPSA) is 92.4 Å². The van der Waals surface area contributed by atoms with Crippen molar-refractivity contribution >= 4 is 15.7 Å². The molecule has 1 rings (SSSR count). The molecule has 1 aromatic carbocycles. The van der Waals surface area contributed by atoms with E-state index in [0.717, 1.165) is 31.0 Å². The minimum atomic E-state index is -3.80. The van der Waals surface area contributed by atoms with Gasteiger partial charge in [0.15, 0.2) is 0 Å². The van der Waals surface area contributed by atoms with E-state index in [4.69, 9.17) is 5.73 Å². The Balaban J connectivity index is 2.77. The molecule has 0 bridgehead atoms. The fourth-order valence-electron chi connectivity index (χ4n) is 1.97. The van der Waals surface area contributed by atoms with Crippen LogP contribution in [-0.4, -0.2) is 26.2 Å². The van der Waals surface area contributed by atoms with Gasteiger partial charge in [0.05, 0.1) is 16.7 Å². The van der Waals surface area contributed by atoms with Gasteiger partial charge in [-0.3, -0.25) is 0 Å². The third-order valence-electron chi connectivity index (χ3n) is 3.35. The summed E-state index contributed by atoms with van der Waals surface area (Å²) in [5, 5.41) is 9.91. The Morgan fingerprint density at radius 2 is 1.95 bits per heavy atom. The van der Waals surface area contributed by atoms with Gasteiger partial charge in [-0.1, -0.05) is 26.7 Å². The number of nitrogens with one attached hydrogen (secondary N) is 1. The highest BCUT2D eigenvalue weighted by atomic mass is 32.2. The molecule has 20 heavy (non-hydrogen) atoms. The summed E-state index contributed by atoms with van der Waals surface area (Å²) in [6.45, 7) is 3.80. The first-order chi connectivity index (χ1) is 9.31. The van der Waals surface area contributed by atoms with Gasteiger partial charge < -0.3 is 10.8 Å². The molecule has 0 saturated heterocycles. The molecular formula is C13H21FN2O3S. The van der Waals surface area contributed by atoms with Crippen molar-refractivity contribution in [1.29, 1.82) is 0 Å². The SMILES string of the molecule is CCC(CC)C(O)CNS(=O)(=O)c1ccc(F)c(N)c1. The molecule has 0 aliphatic heterocycles. The molecule has 0 aliphatic rings. The number of aliphatic hydroxyl groups is 1. The molecule has 1 aromatic rings. The molecule has 0 aliphatic carbocycles. The fraction of sp³-hybridized carbons (Fsp3) is 0.538. The molecule has 1 unspecified atom stereocenters. The number of rotatable bonds is 7. The van der Waals surface area contributed by atoms with Crippen molar-refractivity contribution in [1.82, 2.24) is 4.72 Å². The summed E-state index contributed by atoms with van der Waals surface area (Å²) < 4.78 is 39.3. The van der Waals surface area contributed by atoms with E-state index in [1.165, 1.54) is 0 Å². The molecule has 114 valence electrons. The molecule has 4 N–H and O–H groups in total. The monoisotopic (exact) mass is 304 g/mol. The van der Waals surface area contributed by atoms with Crippen LogP contribution >= 0.6 is 0 Å². The highest BCUT2D eigenvalue weighted by molar-refractivity contribution is 7.89. The number of anilines is 1. The second kappa shape index (κ2) is 7.01. The van der Waals surface area contributed by atoms with Crippen molar-refractivity contribution in [2.75, 3.05) is 12.3 Å². The molecule has 0 heterocycles. The molecule has 1 atom stereocenters. The van der Waals surface area contributed by atoms with E-state index in [9.17, 15) is 17.9 Å². The lowest BCUT2D eigenvalue weighted by Gasteiger charge is -2.20. The summed E-state index contributed by atoms with van der Waals surface area (Å²) in [4.78, 5) is -0.117. The standard InChI is InChI=1S/C13H21FN2O3S/c1-3-9(4-2)13(17)8-16-20(18,19)10-5-6-11(14)12(15)7-10/h5-7,9,13,16-17H,3-4,8,15H2,1-2H3. The Morgan fingerprint density at radius 3 is 2.45 bits per heavy atom. The lowest BCUT2D eigenvalue weighted by atomic mass is 9.97. The van der Waals surface area contributed by atoms with E-state index < -0.39 is 21.9 Å². The molecule has 0 spiro atoms. The van der Waals surface area contributed by atoms with Crippen molar-refractivity contribution in [3.8, 4) is 0 Å². The fourth-order valence-corrected chi connectivity index (χ4v) is 3.05. The number of halogens is 1. The molecule has 0 radical (unpaired) electrons. The number of nitrogens with two attached hydrogens (primary N) is 1. The molecule has 7 heteroatoms. The van der Waals surface area contributed by atoms with Crippen LogP contribution < -0.4 is 10.5 Å². The van der Waals surface area contributed by atoms with Gasteiger partial charge in [-0.2, -0.15) is 0 Å². The Labute approximate surface area is 119 Å². The van der Waals surface area contributed by atoms with Crippen LogP contribution in [0.15, 0.2) is 23.1 Å².